The summed E-state index contributed by atoms with van der Waals surface area (Å²) in [5, 5.41) is 9.11. The van der Waals surface area contributed by atoms with Gasteiger partial charge in [0.15, 0.2) is 0 Å². The van der Waals surface area contributed by atoms with Crippen LogP contribution in [0, 0.1) is 5.92 Å². The van der Waals surface area contributed by atoms with Crippen LogP contribution >= 0.6 is 0 Å². The van der Waals surface area contributed by atoms with Gasteiger partial charge < -0.3 is 19.5 Å². The number of aliphatic hydroxyl groups excluding tert-OH is 1. The molecule has 1 fully saturated rings. The van der Waals surface area contributed by atoms with Gasteiger partial charge in [-0.2, -0.15) is 0 Å². The highest BCUT2D eigenvalue weighted by Gasteiger charge is 2.28. The Labute approximate surface area is 112 Å². The Bertz CT molecular complexity index is 439. The van der Waals surface area contributed by atoms with Crippen molar-refractivity contribution in [3.8, 4) is 11.5 Å². The molecule has 1 N–H and O–H groups in total. The zero-order valence-corrected chi connectivity index (χ0v) is 11.3. The van der Waals surface area contributed by atoms with E-state index in [1.165, 1.54) is 0 Å². The van der Waals surface area contributed by atoms with Gasteiger partial charge in [0.1, 0.15) is 11.5 Å². The fourth-order valence-electron chi connectivity index (χ4n) is 2.31. The van der Waals surface area contributed by atoms with Crippen LogP contribution < -0.4 is 9.47 Å². The quantitative estimate of drug-likeness (QED) is 0.864. The van der Waals surface area contributed by atoms with Gasteiger partial charge in [-0.05, 0) is 17.7 Å². The molecule has 5 heteroatoms. The van der Waals surface area contributed by atoms with Gasteiger partial charge in [-0.15, -0.1) is 0 Å². The second-order valence-corrected chi connectivity index (χ2v) is 4.75. The molecule has 1 aliphatic heterocycles. The molecule has 2 rings (SSSR count). The van der Waals surface area contributed by atoms with Crippen molar-refractivity contribution in [1.29, 1.82) is 0 Å². The molecule has 0 bridgehead atoms. The molecule has 19 heavy (non-hydrogen) atoms. The lowest BCUT2D eigenvalue weighted by atomic mass is 10.1. The van der Waals surface area contributed by atoms with Gasteiger partial charge in [0, 0.05) is 38.1 Å². The number of hydrogen-bond acceptors (Lipinski definition) is 4. The van der Waals surface area contributed by atoms with Gasteiger partial charge in [-0.25, -0.2) is 0 Å². The smallest absolute Gasteiger partial charge is 0.223 e. The molecule has 1 saturated heterocycles. The van der Waals surface area contributed by atoms with Crippen LogP contribution in [0.3, 0.4) is 0 Å². The molecule has 0 radical (unpaired) electrons. The molecule has 0 saturated carbocycles. The fourth-order valence-corrected chi connectivity index (χ4v) is 2.31. The summed E-state index contributed by atoms with van der Waals surface area (Å²) in [5.41, 5.74) is 0.961. The highest BCUT2D eigenvalue weighted by atomic mass is 16.5. The number of amides is 1. The first-order valence-corrected chi connectivity index (χ1v) is 6.27. The Hall–Kier alpha value is -1.75. The lowest BCUT2D eigenvalue weighted by molar-refractivity contribution is -0.128. The number of nitrogens with zero attached hydrogens (tertiary/aromatic N) is 1. The molecule has 1 aromatic rings. The summed E-state index contributed by atoms with van der Waals surface area (Å²) in [5.74, 6) is 1.56. The molecule has 1 aromatic carbocycles. The number of benzene rings is 1. The zero-order valence-electron chi connectivity index (χ0n) is 11.3. The van der Waals surface area contributed by atoms with E-state index in [4.69, 9.17) is 14.6 Å². The molecule has 1 amide bonds. The number of carbonyl (C=O) groups is 1. The predicted octanol–water partition coefficient (Wildman–Crippen LogP) is 1.04. The van der Waals surface area contributed by atoms with E-state index in [-0.39, 0.29) is 18.4 Å². The number of methoxy groups -OCH3 is 2. The summed E-state index contributed by atoms with van der Waals surface area (Å²) < 4.78 is 10.4. The Balaban J connectivity index is 2.12. The van der Waals surface area contributed by atoms with Crippen LogP contribution in [-0.4, -0.2) is 43.3 Å². The largest absolute Gasteiger partial charge is 0.497 e. The minimum absolute atomic E-state index is 0.0556. The molecule has 1 aliphatic rings. The summed E-state index contributed by atoms with van der Waals surface area (Å²) in [6.45, 7) is 1.18. The van der Waals surface area contributed by atoms with E-state index in [0.29, 0.717) is 31.0 Å². The molecule has 0 aromatic heterocycles. The number of aliphatic hydroxyl groups is 1. The third kappa shape index (κ3) is 3.17. The number of rotatable bonds is 5. The molecule has 5 nitrogen and oxygen atoms in total. The summed E-state index contributed by atoms with van der Waals surface area (Å²) in [7, 11) is 3.20. The predicted molar refractivity (Wildman–Crippen MR) is 70.2 cm³/mol. The summed E-state index contributed by atoms with van der Waals surface area (Å²) >= 11 is 0. The number of carbonyl (C=O) groups excluding carboxylic acids is 1. The normalized spacial score (nSPS) is 18.8. The molecule has 0 spiro atoms. The van der Waals surface area contributed by atoms with E-state index >= 15 is 0 Å². The van der Waals surface area contributed by atoms with Crippen molar-refractivity contribution in [2.45, 2.75) is 13.0 Å². The number of likely N-dealkylation sites (tertiary alicyclic amines) is 1. The molecule has 104 valence electrons. The third-order valence-electron chi connectivity index (χ3n) is 3.34. The van der Waals surface area contributed by atoms with Crippen molar-refractivity contribution in [3.63, 3.8) is 0 Å². The summed E-state index contributed by atoms with van der Waals surface area (Å²) in [6.07, 6.45) is 0.428. The molecular formula is C14H19NO4. The van der Waals surface area contributed by atoms with E-state index in [2.05, 4.69) is 0 Å². The highest BCUT2D eigenvalue weighted by molar-refractivity contribution is 5.78. The summed E-state index contributed by atoms with van der Waals surface area (Å²) in [6, 6.07) is 5.58. The second-order valence-electron chi connectivity index (χ2n) is 4.75. The standard InChI is InChI=1S/C14H19NO4/c1-18-12-3-10(4-13(6-12)19-2)7-15-8-11(9-16)5-14(15)17/h3-4,6,11,16H,5,7-9H2,1-2H3. The molecule has 0 aliphatic carbocycles. The van der Waals surface area contributed by atoms with Crippen molar-refractivity contribution in [1.82, 2.24) is 4.90 Å². The Kier molecular flexibility index (Phi) is 4.27. The maximum atomic E-state index is 11.8. The minimum Gasteiger partial charge on any atom is -0.497 e. The van der Waals surface area contributed by atoms with Crippen LogP contribution in [0.5, 0.6) is 11.5 Å². The number of hydrogen-bond donors (Lipinski definition) is 1. The van der Waals surface area contributed by atoms with Gasteiger partial charge in [0.2, 0.25) is 5.91 Å². The van der Waals surface area contributed by atoms with Gasteiger partial charge in [0.05, 0.1) is 14.2 Å². The molecular weight excluding hydrogens is 246 g/mol. The zero-order chi connectivity index (χ0) is 13.8. The Morgan fingerprint density at radius 1 is 1.26 bits per heavy atom. The van der Waals surface area contributed by atoms with E-state index < -0.39 is 0 Å². The maximum absolute atomic E-state index is 11.8. The topological polar surface area (TPSA) is 59.0 Å². The second kappa shape index (κ2) is 5.93. The third-order valence-corrected chi connectivity index (χ3v) is 3.34. The van der Waals surface area contributed by atoms with Gasteiger partial charge in [-0.1, -0.05) is 0 Å². The van der Waals surface area contributed by atoms with Gasteiger partial charge >= 0.3 is 0 Å². The monoisotopic (exact) mass is 265 g/mol. The van der Waals surface area contributed by atoms with E-state index in [0.717, 1.165) is 5.56 Å². The maximum Gasteiger partial charge on any atom is 0.223 e. The van der Waals surface area contributed by atoms with Crippen LogP contribution in [0.1, 0.15) is 12.0 Å². The lowest BCUT2D eigenvalue weighted by Crippen LogP contribution is -2.25. The fraction of sp³-hybridized carbons (Fsp3) is 0.500. The van der Waals surface area contributed by atoms with Crippen LogP contribution in [0.2, 0.25) is 0 Å². The highest BCUT2D eigenvalue weighted by Crippen LogP contribution is 2.25. The molecule has 1 unspecified atom stereocenters. The van der Waals surface area contributed by atoms with E-state index in [9.17, 15) is 4.79 Å². The first-order valence-electron chi connectivity index (χ1n) is 6.27. The van der Waals surface area contributed by atoms with Gasteiger partial charge in [0.25, 0.3) is 0 Å². The van der Waals surface area contributed by atoms with Crippen molar-refractivity contribution in [2.75, 3.05) is 27.4 Å². The average molecular weight is 265 g/mol. The SMILES string of the molecule is COc1cc(CN2CC(CO)CC2=O)cc(OC)c1. The molecule has 1 heterocycles. The van der Waals surface area contributed by atoms with Crippen molar-refractivity contribution in [2.24, 2.45) is 5.92 Å². The van der Waals surface area contributed by atoms with Crippen LogP contribution in [0.25, 0.3) is 0 Å². The lowest BCUT2D eigenvalue weighted by Gasteiger charge is -2.17. The number of ether oxygens (including phenoxy) is 2. The van der Waals surface area contributed by atoms with Crippen molar-refractivity contribution in [3.05, 3.63) is 23.8 Å². The van der Waals surface area contributed by atoms with Crippen molar-refractivity contribution < 1.29 is 19.4 Å². The van der Waals surface area contributed by atoms with Gasteiger partial charge in [-0.3, -0.25) is 4.79 Å². The van der Waals surface area contributed by atoms with E-state index in [1.807, 2.05) is 12.1 Å². The molecule has 1 atom stereocenters. The first-order chi connectivity index (χ1) is 9.16. The average Bonchev–Trinajstić information content (AvgIpc) is 2.79. The summed E-state index contributed by atoms with van der Waals surface area (Å²) in [4.78, 5) is 13.6. The van der Waals surface area contributed by atoms with Crippen LogP contribution in [0.15, 0.2) is 18.2 Å². The Morgan fingerprint density at radius 2 is 1.89 bits per heavy atom. The van der Waals surface area contributed by atoms with E-state index in [1.54, 1.807) is 25.2 Å². The minimum atomic E-state index is 0.0556. The first kappa shape index (κ1) is 13.7. The van der Waals surface area contributed by atoms with Crippen LogP contribution in [0.4, 0.5) is 0 Å². The Morgan fingerprint density at radius 3 is 2.37 bits per heavy atom. The van der Waals surface area contributed by atoms with Crippen LogP contribution in [-0.2, 0) is 11.3 Å². The van der Waals surface area contributed by atoms with Crippen molar-refractivity contribution >= 4 is 5.91 Å².